The van der Waals surface area contributed by atoms with Gasteiger partial charge in [-0.3, -0.25) is 13.9 Å². The molecule has 3 aromatic carbocycles. The number of allylic oxidation sites excluding steroid dienone is 6. The lowest BCUT2D eigenvalue weighted by Crippen LogP contribution is -2.55. The number of nitrogens with zero attached hydrogens (tertiary/aromatic N) is 7. The lowest BCUT2D eigenvalue weighted by Gasteiger charge is -2.39. The van der Waals surface area contributed by atoms with E-state index in [4.69, 9.17) is 40.0 Å². The summed E-state index contributed by atoms with van der Waals surface area (Å²) in [5.74, 6) is 1.39. The fourth-order valence-electron chi connectivity index (χ4n) is 10.5. The predicted molar refractivity (Wildman–Crippen MR) is 309 cm³/mol. The molecule has 0 saturated carbocycles. The molecule has 25 heteroatoms. The maximum atomic E-state index is 13.5. The van der Waals surface area contributed by atoms with Crippen molar-refractivity contribution in [2.45, 2.75) is 87.2 Å². The van der Waals surface area contributed by atoms with Gasteiger partial charge in [-0.25, -0.2) is 17.8 Å². The molecule has 0 spiro atoms. The Bertz CT molecular complexity index is 3480. The molecule has 3 aliphatic heterocycles. The van der Waals surface area contributed by atoms with E-state index in [-0.39, 0.29) is 53.1 Å². The Morgan fingerprint density at radius 2 is 1.58 bits per heavy atom. The van der Waals surface area contributed by atoms with Crippen molar-refractivity contribution in [2.24, 2.45) is 0 Å². The number of halogens is 2. The number of rotatable bonds is 30. The number of carbonyl (C=O) groups excluding carboxylic acids is 1. The second kappa shape index (κ2) is 27.4. The number of hydrogen-bond acceptors (Lipinski definition) is 17. The Hall–Kier alpha value is -6.61. The van der Waals surface area contributed by atoms with Crippen LogP contribution < -0.4 is 24.6 Å². The standard InChI is InChI=1S/C58H70ClFN8O13S2/c1-7-66-48-20-18-43(82(70,71)72)34-45(48)57(3,4)51(66)13-10-9-11-14-52-58(5,46-35-44(83(73,74)75)19-21-49(46)67(52)8-2)24-12-15-54(69)61-25-26-77-27-28-78-29-30-79-31-32-80-39-53-63-64-56(68(53)41-17-23-55(76-6)62-36-41)65-37-42(38-65)81-50-22-16-40(60)33-47(50)59/h9-11,13-14,16-23,33-36,42H,7-8,12,15,24-32,37-39H2,1-6H3,(H2-,61,69,70,71,72,73,74,75). The largest absolute Gasteiger partial charge is 0.744 e. The Balaban J connectivity index is 0.743. The van der Waals surface area contributed by atoms with E-state index >= 15 is 0 Å². The molecule has 83 heavy (non-hydrogen) atoms. The van der Waals surface area contributed by atoms with Crippen molar-refractivity contribution in [3.05, 3.63) is 137 Å². The van der Waals surface area contributed by atoms with Gasteiger partial charge in [0.05, 0.1) is 98.6 Å². The Morgan fingerprint density at radius 3 is 2.23 bits per heavy atom. The third kappa shape index (κ3) is 14.8. The van der Waals surface area contributed by atoms with E-state index in [0.29, 0.717) is 108 Å². The van der Waals surface area contributed by atoms with Crippen LogP contribution in [0.5, 0.6) is 11.6 Å². The van der Waals surface area contributed by atoms with Crippen LogP contribution in [-0.4, -0.2) is 154 Å². The van der Waals surface area contributed by atoms with Crippen LogP contribution in [0, 0.1) is 5.82 Å². The Kier molecular flexibility index (Phi) is 20.6. The number of ether oxygens (including phenoxy) is 6. The highest BCUT2D eigenvalue weighted by Gasteiger charge is 2.45. The highest BCUT2D eigenvalue weighted by atomic mass is 35.5. The number of fused-ring (bicyclic) bond motifs is 2. The van der Waals surface area contributed by atoms with Crippen LogP contribution in [0.2, 0.25) is 5.02 Å². The maximum Gasteiger partial charge on any atom is 0.294 e. The normalized spacial score (nSPS) is 17.5. The number of methoxy groups -OCH3 is 1. The van der Waals surface area contributed by atoms with E-state index in [2.05, 4.69) is 30.0 Å². The smallest absolute Gasteiger partial charge is 0.294 e. The van der Waals surface area contributed by atoms with Crippen molar-refractivity contribution in [3.63, 3.8) is 0 Å². The van der Waals surface area contributed by atoms with Gasteiger partial charge in [-0.2, -0.15) is 13.0 Å². The third-order valence-electron chi connectivity index (χ3n) is 14.7. The fraction of sp³-hybridized carbons (Fsp3) is 0.431. The SMILES string of the molecule is CCN1\C(=C/C=C/C=C/C2=[N+](CC)c3ccc(S(=O)(=O)[O-])cc3C2(C)C)C(C)(CCCC(=O)NCCOCCOCCOCCOCc2nnc(N3CC(Oc4ccc(F)cc4Cl)C3)n2-c2ccc(OC)nc2)c2cc(S(=O)(=O)O)ccc21. The highest BCUT2D eigenvalue weighted by molar-refractivity contribution is 7.86. The van der Waals surface area contributed by atoms with Crippen LogP contribution in [0.3, 0.4) is 0 Å². The molecule has 1 fully saturated rings. The number of pyridine rings is 1. The van der Waals surface area contributed by atoms with Crippen molar-refractivity contribution in [1.29, 1.82) is 0 Å². The maximum absolute atomic E-state index is 13.5. The summed E-state index contributed by atoms with van der Waals surface area (Å²) in [6.45, 7) is 14.8. The number of amides is 1. The number of likely N-dealkylation sites (N-methyl/N-ethyl adjacent to an activating group) is 1. The molecule has 0 bridgehead atoms. The molecule has 21 nitrogen and oxygen atoms in total. The summed E-state index contributed by atoms with van der Waals surface area (Å²) in [5.41, 5.74) is 4.30. The molecule has 1 amide bonds. The van der Waals surface area contributed by atoms with Gasteiger partial charge in [-0.1, -0.05) is 29.8 Å². The molecule has 446 valence electrons. The van der Waals surface area contributed by atoms with Crippen LogP contribution in [0.4, 0.5) is 21.7 Å². The van der Waals surface area contributed by atoms with Gasteiger partial charge in [0, 0.05) is 60.1 Å². The summed E-state index contributed by atoms with van der Waals surface area (Å²) < 4.78 is 122. The molecule has 1 saturated heterocycles. The average molecular weight is 1210 g/mol. The van der Waals surface area contributed by atoms with Crippen molar-refractivity contribution < 1.29 is 68.1 Å². The van der Waals surface area contributed by atoms with Crippen molar-refractivity contribution in [2.75, 3.05) is 95.9 Å². The average Bonchev–Trinajstić information content (AvgIpc) is 2.00. The van der Waals surface area contributed by atoms with Crippen molar-refractivity contribution >= 4 is 60.8 Å². The quantitative estimate of drug-likeness (QED) is 0.0194. The van der Waals surface area contributed by atoms with Gasteiger partial charge < -0.3 is 48.1 Å². The van der Waals surface area contributed by atoms with E-state index in [1.807, 2.05) is 80.5 Å². The first-order valence-electron chi connectivity index (χ1n) is 27.3. The van der Waals surface area contributed by atoms with E-state index in [0.717, 1.165) is 33.9 Å². The molecule has 5 heterocycles. The topological polar surface area (TPSA) is 249 Å². The number of aromatic nitrogens is 4. The van der Waals surface area contributed by atoms with Gasteiger partial charge in [0.15, 0.2) is 11.5 Å². The van der Waals surface area contributed by atoms with Crippen molar-refractivity contribution in [3.8, 4) is 17.3 Å². The monoisotopic (exact) mass is 1200 g/mol. The molecule has 2 N–H and O–H groups in total. The second-order valence-electron chi connectivity index (χ2n) is 20.5. The molecule has 0 aliphatic carbocycles. The van der Waals surface area contributed by atoms with Gasteiger partial charge >= 0.3 is 0 Å². The Labute approximate surface area is 488 Å². The zero-order valence-electron chi connectivity index (χ0n) is 47.3. The van der Waals surface area contributed by atoms with E-state index in [1.54, 1.807) is 31.5 Å². The number of hydrogen-bond donors (Lipinski definition) is 2. The van der Waals surface area contributed by atoms with E-state index in [9.17, 15) is 35.1 Å². The van der Waals surface area contributed by atoms with E-state index < -0.39 is 36.9 Å². The molecule has 2 aromatic heterocycles. The molecule has 8 rings (SSSR count). The highest BCUT2D eigenvalue weighted by Crippen LogP contribution is 2.51. The number of nitrogens with one attached hydrogen (secondary N) is 1. The van der Waals surface area contributed by atoms with Crippen LogP contribution in [0.1, 0.15) is 70.8 Å². The third-order valence-corrected chi connectivity index (χ3v) is 16.7. The molecule has 1 atom stereocenters. The molecule has 0 radical (unpaired) electrons. The summed E-state index contributed by atoms with van der Waals surface area (Å²) in [6, 6.07) is 16.7. The fourth-order valence-corrected chi connectivity index (χ4v) is 11.7. The lowest BCUT2D eigenvalue weighted by atomic mass is 9.77. The lowest BCUT2D eigenvalue weighted by molar-refractivity contribution is -0.433. The molecular weight excluding hydrogens is 1140 g/mol. The minimum absolute atomic E-state index is 0.146. The summed E-state index contributed by atoms with van der Waals surface area (Å²) in [6.07, 6.45) is 12.3. The summed E-state index contributed by atoms with van der Waals surface area (Å²) in [7, 11) is -7.60. The van der Waals surface area contributed by atoms with Gasteiger partial charge in [-0.15, -0.1) is 10.2 Å². The van der Waals surface area contributed by atoms with Gasteiger partial charge in [-0.05, 0) is 114 Å². The molecule has 5 aromatic rings. The Morgan fingerprint density at radius 1 is 0.880 bits per heavy atom. The van der Waals surface area contributed by atoms with Gasteiger partial charge in [0.2, 0.25) is 23.4 Å². The minimum Gasteiger partial charge on any atom is -0.744 e. The zero-order valence-corrected chi connectivity index (χ0v) is 49.6. The van der Waals surface area contributed by atoms with E-state index in [1.165, 1.54) is 42.5 Å². The first kappa shape index (κ1) is 62.4. The van der Waals surface area contributed by atoms with Gasteiger partial charge in [0.25, 0.3) is 10.1 Å². The first-order valence-corrected chi connectivity index (χ1v) is 30.5. The van der Waals surface area contributed by atoms with Crippen LogP contribution in [0.25, 0.3) is 5.69 Å². The predicted octanol–water partition coefficient (Wildman–Crippen LogP) is 7.63. The number of benzene rings is 3. The summed E-state index contributed by atoms with van der Waals surface area (Å²) in [5, 5.41) is 12.0. The van der Waals surface area contributed by atoms with Crippen LogP contribution >= 0.6 is 11.6 Å². The molecule has 1 unspecified atom stereocenters. The van der Waals surface area contributed by atoms with Crippen LogP contribution in [0.15, 0.2) is 119 Å². The summed E-state index contributed by atoms with van der Waals surface area (Å²) >= 11 is 6.17. The second-order valence-corrected chi connectivity index (χ2v) is 23.7. The molecule has 3 aliphatic rings. The summed E-state index contributed by atoms with van der Waals surface area (Å²) in [4.78, 5) is 21.0. The van der Waals surface area contributed by atoms with Crippen LogP contribution in [-0.2, 0) is 61.4 Å². The van der Waals surface area contributed by atoms with Crippen molar-refractivity contribution in [1.82, 2.24) is 25.1 Å². The number of anilines is 2. The minimum atomic E-state index is -4.64. The van der Waals surface area contributed by atoms with Gasteiger partial charge in [0.1, 0.15) is 40.9 Å². The molecular formula is C58H70ClFN8O13S2. The first-order chi connectivity index (χ1) is 39.7. The number of carbonyl (C=O) groups is 1. The zero-order chi connectivity index (χ0) is 59.5.